The molecule has 1 N–H and O–H groups in total. The van der Waals surface area contributed by atoms with Gasteiger partial charge >= 0.3 is 0 Å². The summed E-state index contributed by atoms with van der Waals surface area (Å²) in [6.45, 7) is 14.3. The molecule has 18 heavy (non-hydrogen) atoms. The van der Waals surface area contributed by atoms with Gasteiger partial charge in [0.05, 0.1) is 7.11 Å². The molecule has 1 unspecified atom stereocenters. The Morgan fingerprint density at radius 1 is 1.22 bits per heavy atom. The quantitative estimate of drug-likeness (QED) is 0.853. The molecule has 0 saturated carbocycles. The monoisotopic (exact) mass is 249 g/mol. The van der Waals surface area contributed by atoms with Crippen LogP contribution in [0.5, 0.6) is 5.75 Å². The molecule has 0 radical (unpaired) electrons. The van der Waals surface area contributed by atoms with Gasteiger partial charge in [-0.05, 0) is 36.8 Å². The van der Waals surface area contributed by atoms with Crippen LogP contribution in [0.15, 0.2) is 12.1 Å². The number of hydrogen-bond donors (Lipinski definition) is 1. The van der Waals surface area contributed by atoms with Crippen LogP contribution in [0, 0.1) is 25.2 Å². The zero-order chi connectivity index (χ0) is 13.9. The van der Waals surface area contributed by atoms with Gasteiger partial charge in [-0.1, -0.05) is 33.8 Å². The minimum Gasteiger partial charge on any atom is -0.496 e. The minimum absolute atomic E-state index is 0.329. The normalized spacial score (nSPS) is 13.3. The first-order valence-electron chi connectivity index (χ1n) is 6.65. The van der Waals surface area contributed by atoms with Crippen molar-refractivity contribution in [1.82, 2.24) is 0 Å². The second-order valence-corrected chi connectivity index (χ2v) is 6.24. The topological polar surface area (TPSA) is 21.3 Å². The predicted octanol–water partition coefficient (Wildman–Crippen LogP) is 4.41. The number of anilines is 1. The van der Waals surface area contributed by atoms with Crippen LogP contribution in [-0.4, -0.2) is 13.7 Å². The first-order valence-corrected chi connectivity index (χ1v) is 6.65. The lowest BCUT2D eigenvalue weighted by molar-refractivity contribution is 0.274. The van der Waals surface area contributed by atoms with E-state index < -0.39 is 0 Å². The lowest BCUT2D eigenvalue weighted by Crippen LogP contribution is -2.25. The summed E-state index contributed by atoms with van der Waals surface area (Å²) in [5.74, 6) is 1.60. The van der Waals surface area contributed by atoms with Crippen LogP contribution in [0.4, 0.5) is 5.69 Å². The van der Waals surface area contributed by atoms with Crippen molar-refractivity contribution in [2.75, 3.05) is 19.0 Å². The fourth-order valence-electron chi connectivity index (χ4n) is 1.90. The van der Waals surface area contributed by atoms with Gasteiger partial charge in [0.1, 0.15) is 5.75 Å². The molecule has 1 aromatic carbocycles. The summed E-state index contributed by atoms with van der Waals surface area (Å²) >= 11 is 0. The zero-order valence-corrected chi connectivity index (χ0v) is 12.8. The molecule has 0 saturated heterocycles. The fraction of sp³-hybridized carbons (Fsp3) is 0.625. The number of hydrogen-bond acceptors (Lipinski definition) is 2. The molecule has 1 atom stereocenters. The van der Waals surface area contributed by atoms with E-state index in [4.69, 9.17) is 4.74 Å². The molecule has 0 spiro atoms. The van der Waals surface area contributed by atoms with Crippen LogP contribution in [0.25, 0.3) is 0 Å². The third kappa shape index (κ3) is 3.41. The highest BCUT2D eigenvalue weighted by Crippen LogP contribution is 2.30. The molecule has 1 rings (SSSR count). The molecule has 0 aliphatic rings. The third-order valence-electron chi connectivity index (χ3n) is 3.88. The molecule has 102 valence electrons. The Balaban J connectivity index is 2.81. The van der Waals surface area contributed by atoms with Crippen molar-refractivity contribution in [3.8, 4) is 5.75 Å². The number of nitrogens with one attached hydrogen (secondary N) is 1. The molecule has 0 aliphatic heterocycles. The van der Waals surface area contributed by atoms with Crippen LogP contribution >= 0.6 is 0 Å². The van der Waals surface area contributed by atoms with Crippen molar-refractivity contribution in [3.63, 3.8) is 0 Å². The Bertz CT molecular complexity index is 404. The lowest BCUT2D eigenvalue weighted by atomic mass is 9.82. The standard InChI is InChI=1S/C16H27NO/c1-11-8-9-14(13(3)15(11)18-7)17-10-12(2)16(4,5)6/h8-9,12,17H,10H2,1-7H3. The largest absolute Gasteiger partial charge is 0.496 e. The van der Waals surface area contributed by atoms with Gasteiger partial charge in [0.25, 0.3) is 0 Å². The maximum absolute atomic E-state index is 5.45. The summed E-state index contributed by atoms with van der Waals surface area (Å²) in [5, 5.41) is 3.54. The number of methoxy groups -OCH3 is 1. The second-order valence-electron chi connectivity index (χ2n) is 6.24. The van der Waals surface area contributed by atoms with E-state index in [-0.39, 0.29) is 0 Å². The van der Waals surface area contributed by atoms with Crippen LogP contribution in [0.2, 0.25) is 0 Å². The van der Waals surface area contributed by atoms with Crippen molar-refractivity contribution < 1.29 is 4.74 Å². The number of aryl methyl sites for hydroxylation is 1. The zero-order valence-electron chi connectivity index (χ0n) is 12.8. The average molecular weight is 249 g/mol. The Morgan fingerprint density at radius 3 is 2.33 bits per heavy atom. The Hall–Kier alpha value is -1.18. The van der Waals surface area contributed by atoms with E-state index in [9.17, 15) is 0 Å². The highest BCUT2D eigenvalue weighted by atomic mass is 16.5. The molecule has 0 aliphatic carbocycles. The molecule has 0 heterocycles. The van der Waals surface area contributed by atoms with Gasteiger partial charge in [0.2, 0.25) is 0 Å². The van der Waals surface area contributed by atoms with Gasteiger partial charge in [-0.3, -0.25) is 0 Å². The lowest BCUT2D eigenvalue weighted by Gasteiger charge is -2.28. The van der Waals surface area contributed by atoms with Crippen molar-refractivity contribution in [2.24, 2.45) is 11.3 Å². The highest BCUT2D eigenvalue weighted by molar-refractivity contribution is 5.59. The van der Waals surface area contributed by atoms with E-state index in [2.05, 4.69) is 59.0 Å². The molecule has 2 heteroatoms. The molecule has 1 aromatic rings. The third-order valence-corrected chi connectivity index (χ3v) is 3.88. The summed E-state index contributed by atoms with van der Waals surface area (Å²) < 4.78 is 5.45. The van der Waals surface area contributed by atoms with Crippen molar-refractivity contribution in [3.05, 3.63) is 23.3 Å². The maximum atomic E-state index is 5.45. The predicted molar refractivity (Wildman–Crippen MR) is 79.6 cm³/mol. The number of ether oxygens (including phenoxy) is 1. The molecule has 0 aromatic heterocycles. The van der Waals surface area contributed by atoms with E-state index in [0.717, 1.165) is 12.3 Å². The summed E-state index contributed by atoms with van der Waals surface area (Å²) in [6, 6.07) is 4.25. The number of rotatable bonds is 4. The fourth-order valence-corrected chi connectivity index (χ4v) is 1.90. The van der Waals surface area contributed by atoms with Crippen LogP contribution < -0.4 is 10.1 Å². The van der Waals surface area contributed by atoms with Gasteiger partial charge in [0.15, 0.2) is 0 Å². The van der Waals surface area contributed by atoms with Gasteiger partial charge in [-0.2, -0.15) is 0 Å². The Morgan fingerprint density at radius 2 is 1.83 bits per heavy atom. The second kappa shape index (κ2) is 5.64. The molecule has 0 fully saturated rings. The van der Waals surface area contributed by atoms with Gasteiger partial charge in [-0.25, -0.2) is 0 Å². The SMILES string of the molecule is COc1c(C)ccc(NCC(C)C(C)(C)C)c1C. The molecular formula is C16H27NO. The van der Waals surface area contributed by atoms with Gasteiger partial charge < -0.3 is 10.1 Å². The van der Waals surface area contributed by atoms with Crippen LogP contribution in [0.1, 0.15) is 38.8 Å². The first-order chi connectivity index (χ1) is 8.27. The Kier molecular flexibility index (Phi) is 4.66. The van der Waals surface area contributed by atoms with E-state index >= 15 is 0 Å². The van der Waals surface area contributed by atoms with Crippen molar-refractivity contribution in [2.45, 2.75) is 41.5 Å². The van der Waals surface area contributed by atoms with Gasteiger partial charge in [-0.15, -0.1) is 0 Å². The van der Waals surface area contributed by atoms with E-state index in [1.165, 1.54) is 16.8 Å². The minimum atomic E-state index is 0.329. The van der Waals surface area contributed by atoms with Crippen molar-refractivity contribution >= 4 is 5.69 Å². The molecule has 0 amide bonds. The summed E-state index contributed by atoms with van der Waals surface area (Å²) in [7, 11) is 1.73. The number of benzene rings is 1. The maximum Gasteiger partial charge on any atom is 0.126 e. The summed E-state index contributed by atoms with van der Waals surface area (Å²) in [6.07, 6.45) is 0. The first kappa shape index (κ1) is 14.9. The van der Waals surface area contributed by atoms with E-state index in [0.29, 0.717) is 11.3 Å². The molecule has 2 nitrogen and oxygen atoms in total. The van der Waals surface area contributed by atoms with Crippen LogP contribution in [-0.2, 0) is 0 Å². The van der Waals surface area contributed by atoms with E-state index in [1.54, 1.807) is 7.11 Å². The highest BCUT2D eigenvalue weighted by Gasteiger charge is 2.20. The van der Waals surface area contributed by atoms with Crippen molar-refractivity contribution in [1.29, 1.82) is 0 Å². The molecular weight excluding hydrogens is 222 g/mol. The average Bonchev–Trinajstić information content (AvgIpc) is 2.27. The van der Waals surface area contributed by atoms with E-state index in [1.807, 2.05) is 0 Å². The van der Waals surface area contributed by atoms with Crippen LogP contribution in [0.3, 0.4) is 0 Å². The summed E-state index contributed by atoms with van der Waals surface area (Å²) in [5.41, 5.74) is 3.88. The smallest absolute Gasteiger partial charge is 0.126 e. The van der Waals surface area contributed by atoms with Gasteiger partial charge in [0, 0.05) is 17.8 Å². The Labute approximate surface area is 112 Å². The molecule has 0 bridgehead atoms. The summed E-state index contributed by atoms with van der Waals surface area (Å²) in [4.78, 5) is 0.